The minimum absolute atomic E-state index is 0.0137. The lowest BCUT2D eigenvalue weighted by Gasteiger charge is -2.30. The van der Waals surface area contributed by atoms with Crippen molar-refractivity contribution in [2.75, 3.05) is 18.1 Å². The summed E-state index contributed by atoms with van der Waals surface area (Å²) in [7, 11) is 0. The van der Waals surface area contributed by atoms with Gasteiger partial charge in [-0.25, -0.2) is 9.80 Å². The summed E-state index contributed by atoms with van der Waals surface area (Å²) in [5, 5.41) is 25.9. The summed E-state index contributed by atoms with van der Waals surface area (Å²) in [5.74, 6) is -3.40. The molecule has 14 heteroatoms. The van der Waals surface area contributed by atoms with E-state index >= 15 is 0 Å². The Morgan fingerprint density at radius 1 is 0.683 bits per heavy atom. The lowest BCUT2D eigenvalue weighted by atomic mass is 9.81. The molecule has 1 atom stereocenters. The van der Waals surface area contributed by atoms with Crippen LogP contribution in [0.25, 0.3) is 43.1 Å². The number of anilines is 2. The van der Waals surface area contributed by atoms with Crippen molar-refractivity contribution in [1.82, 2.24) is 9.80 Å². The standard InChI is InChI=1S/C27H16N6O8/c1-9(33(40)41)32-26(36)13-5-3-11-20-16(28)6-14-18-12(24(34)30(25(14)35)8-31(38)39)4-2-10(22(18)20)21-17(29)7-15(27(32)37)19(13)23(11)21/h2-7,9H,8,28-29H2,1H3. The lowest BCUT2D eigenvalue weighted by Crippen LogP contribution is -2.49. The molecule has 5 aromatic carbocycles. The van der Waals surface area contributed by atoms with E-state index in [1.807, 2.05) is 0 Å². The Morgan fingerprint density at radius 2 is 1.12 bits per heavy atom. The summed E-state index contributed by atoms with van der Waals surface area (Å²) < 4.78 is 0. The molecule has 4 amide bonds. The number of hydrogen-bond acceptors (Lipinski definition) is 10. The summed E-state index contributed by atoms with van der Waals surface area (Å²) in [5.41, 5.74) is 13.4. The molecule has 0 spiro atoms. The van der Waals surface area contributed by atoms with Crippen molar-refractivity contribution in [2.45, 2.75) is 13.1 Å². The van der Waals surface area contributed by atoms with Crippen LogP contribution in [0.1, 0.15) is 48.4 Å². The zero-order valence-electron chi connectivity index (χ0n) is 21.0. The normalized spacial score (nSPS) is 15.6. The third kappa shape index (κ3) is 2.79. The molecule has 0 fully saturated rings. The number of nitrogens with zero attached hydrogens (tertiary/aromatic N) is 4. The first-order valence-electron chi connectivity index (χ1n) is 12.2. The molecule has 0 saturated heterocycles. The highest BCUT2D eigenvalue weighted by Crippen LogP contribution is 2.49. The number of rotatable bonds is 4. The van der Waals surface area contributed by atoms with Gasteiger partial charge >= 0.3 is 0 Å². The van der Waals surface area contributed by atoms with E-state index in [4.69, 9.17) is 11.5 Å². The van der Waals surface area contributed by atoms with E-state index in [1.54, 1.807) is 12.1 Å². The van der Waals surface area contributed by atoms with Crippen molar-refractivity contribution < 1.29 is 29.0 Å². The van der Waals surface area contributed by atoms with Gasteiger partial charge in [-0.2, -0.15) is 0 Å². The molecule has 4 N–H and O–H groups in total. The maximum absolute atomic E-state index is 13.5. The summed E-state index contributed by atoms with van der Waals surface area (Å²) >= 11 is 0. The zero-order valence-corrected chi connectivity index (χ0v) is 21.0. The molecule has 0 saturated carbocycles. The molecule has 7 rings (SSSR count). The molecule has 41 heavy (non-hydrogen) atoms. The van der Waals surface area contributed by atoms with E-state index in [2.05, 4.69) is 0 Å². The van der Waals surface area contributed by atoms with E-state index in [-0.39, 0.29) is 44.4 Å². The molecule has 2 heterocycles. The number of nitro groups is 2. The van der Waals surface area contributed by atoms with Gasteiger partial charge in [-0.05, 0) is 35.0 Å². The molecule has 5 aromatic rings. The van der Waals surface area contributed by atoms with Gasteiger partial charge in [0.2, 0.25) is 0 Å². The van der Waals surface area contributed by atoms with Crippen molar-refractivity contribution >= 4 is 78.1 Å². The Kier molecular flexibility index (Phi) is 4.47. The van der Waals surface area contributed by atoms with Gasteiger partial charge in [0, 0.05) is 71.6 Å². The smallest absolute Gasteiger partial charge is 0.293 e. The maximum atomic E-state index is 13.5. The predicted octanol–water partition coefficient (Wildman–Crippen LogP) is 2.95. The highest BCUT2D eigenvalue weighted by Gasteiger charge is 2.42. The molecule has 2 aliphatic rings. The number of fused-ring (bicyclic) bond motifs is 2. The quantitative estimate of drug-likeness (QED) is 0.0830. The molecule has 202 valence electrons. The number of benzene rings is 5. The van der Waals surface area contributed by atoms with Crippen molar-refractivity contribution in [1.29, 1.82) is 0 Å². The first-order valence-corrected chi connectivity index (χ1v) is 12.2. The van der Waals surface area contributed by atoms with E-state index < -0.39 is 46.3 Å². The zero-order chi connectivity index (χ0) is 29.2. The highest BCUT2D eigenvalue weighted by atomic mass is 16.6. The summed E-state index contributed by atoms with van der Waals surface area (Å²) in [4.78, 5) is 75.7. The van der Waals surface area contributed by atoms with Gasteiger partial charge in [-0.3, -0.25) is 39.4 Å². The molecule has 0 radical (unpaired) electrons. The summed E-state index contributed by atoms with van der Waals surface area (Å²) in [6.45, 7) is 0.121. The monoisotopic (exact) mass is 552 g/mol. The van der Waals surface area contributed by atoms with Gasteiger partial charge in [-0.1, -0.05) is 12.1 Å². The number of carbonyl (C=O) groups excluding carboxylic acids is 4. The first-order chi connectivity index (χ1) is 19.4. The van der Waals surface area contributed by atoms with Crippen LogP contribution in [-0.2, 0) is 0 Å². The SMILES string of the molecule is CC(N1C(=O)c2ccc3c4c(N)cc5c6c(ccc(c7c(N)cc(c2c37)C1=O)c64)C(=O)N(C[N+](=O)[O-])C5=O)[N+](=O)[O-]. The molecule has 14 nitrogen and oxygen atoms in total. The summed E-state index contributed by atoms with van der Waals surface area (Å²) in [6, 6.07) is 8.77. The van der Waals surface area contributed by atoms with E-state index in [1.165, 1.54) is 24.3 Å². The highest BCUT2D eigenvalue weighted by molar-refractivity contribution is 6.44. The van der Waals surface area contributed by atoms with Crippen molar-refractivity contribution in [3.05, 3.63) is 78.9 Å². The average molecular weight is 552 g/mol. The van der Waals surface area contributed by atoms with Crippen LogP contribution in [0.4, 0.5) is 11.4 Å². The van der Waals surface area contributed by atoms with Crippen LogP contribution < -0.4 is 11.5 Å². The van der Waals surface area contributed by atoms with Gasteiger partial charge in [-0.15, -0.1) is 0 Å². The number of imide groups is 2. The minimum Gasteiger partial charge on any atom is -0.398 e. The van der Waals surface area contributed by atoms with Crippen LogP contribution in [0.3, 0.4) is 0 Å². The Hall–Kier alpha value is -5.92. The maximum Gasteiger partial charge on any atom is 0.293 e. The van der Waals surface area contributed by atoms with Crippen LogP contribution in [-0.4, -0.2) is 56.1 Å². The molecule has 0 bridgehead atoms. The fourth-order valence-electron chi connectivity index (χ4n) is 6.28. The van der Waals surface area contributed by atoms with E-state index in [9.17, 15) is 39.4 Å². The molecule has 1 unspecified atom stereocenters. The Morgan fingerprint density at radius 3 is 1.61 bits per heavy atom. The van der Waals surface area contributed by atoms with Gasteiger partial charge in [0.15, 0.2) is 0 Å². The molecule has 0 aliphatic carbocycles. The van der Waals surface area contributed by atoms with Crippen LogP contribution >= 0.6 is 0 Å². The Balaban J connectivity index is 1.64. The Bertz CT molecular complexity index is 2170. The fourth-order valence-corrected chi connectivity index (χ4v) is 6.28. The fraction of sp³-hybridized carbons (Fsp3) is 0.111. The van der Waals surface area contributed by atoms with Gasteiger partial charge in [0.25, 0.3) is 36.5 Å². The first kappa shape index (κ1) is 24.1. The third-order valence-corrected chi connectivity index (χ3v) is 7.95. The minimum atomic E-state index is -1.62. The number of hydrogen-bond donors (Lipinski definition) is 2. The average Bonchev–Trinajstić information content (AvgIpc) is 2.92. The predicted molar refractivity (Wildman–Crippen MR) is 146 cm³/mol. The van der Waals surface area contributed by atoms with Crippen molar-refractivity contribution in [3.8, 4) is 0 Å². The largest absolute Gasteiger partial charge is 0.398 e. The molecular weight excluding hydrogens is 536 g/mol. The second kappa shape index (κ2) is 7.59. The number of amides is 4. The van der Waals surface area contributed by atoms with Crippen LogP contribution in [0.2, 0.25) is 0 Å². The van der Waals surface area contributed by atoms with E-state index in [0.717, 1.165) is 6.92 Å². The number of nitrogen functional groups attached to an aromatic ring is 2. The van der Waals surface area contributed by atoms with Gasteiger partial charge in [0.05, 0.1) is 11.1 Å². The second-order valence-corrected chi connectivity index (χ2v) is 10.0. The van der Waals surface area contributed by atoms with Gasteiger partial charge < -0.3 is 11.5 Å². The second-order valence-electron chi connectivity index (χ2n) is 10.0. The topological polar surface area (TPSA) is 213 Å². The molecule has 2 aliphatic heterocycles. The number of nitrogens with two attached hydrogens (primary N) is 2. The van der Waals surface area contributed by atoms with Crippen molar-refractivity contribution in [2.24, 2.45) is 0 Å². The third-order valence-electron chi connectivity index (χ3n) is 7.95. The Labute approximate surface area is 227 Å². The van der Waals surface area contributed by atoms with Gasteiger partial charge in [0.1, 0.15) is 0 Å². The summed E-state index contributed by atoms with van der Waals surface area (Å²) in [6.07, 6.45) is -1.62. The van der Waals surface area contributed by atoms with Crippen LogP contribution in [0, 0.1) is 20.2 Å². The van der Waals surface area contributed by atoms with Crippen molar-refractivity contribution in [3.63, 3.8) is 0 Å². The molecule has 0 aromatic heterocycles. The van der Waals surface area contributed by atoms with E-state index in [0.29, 0.717) is 42.1 Å². The molecular formula is C27H16N6O8. The number of carbonyl (C=O) groups is 4. The van der Waals surface area contributed by atoms with Crippen LogP contribution in [0.5, 0.6) is 0 Å². The lowest BCUT2D eigenvalue weighted by molar-refractivity contribution is -0.536. The van der Waals surface area contributed by atoms with Crippen LogP contribution in [0.15, 0.2) is 36.4 Å².